The molecule has 0 atom stereocenters. The predicted octanol–water partition coefficient (Wildman–Crippen LogP) is 2.94. The molecular weight excluding hydrogens is 447 g/mol. The van der Waals surface area contributed by atoms with Crippen molar-refractivity contribution in [3.8, 4) is 0 Å². The molecule has 3 rings (SSSR count). The minimum Gasteiger partial charge on any atom is -0.357 e. The van der Waals surface area contributed by atoms with Gasteiger partial charge in [-0.1, -0.05) is 0 Å². The van der Waals surface area contributed by atoms with E-state index in [9.17, 15) is 0 Å². The highest BCUT2D eigenvalue weighted by atomic mass is 127. The van der Waals surface area contributed by atoms with Crippen LogP contribution in [0.15, 0.2) is 22.8 Å². The van der Waals surface area contributed by atoms with Crippen LogP contribution in [-0.2, 0) is 6.54 Å². The lowest BCUT2D eigenvalue weighted by Gasteiger charge is -2.35. The van der Waals surface area contributed by atoms with Gasteiger partial charge in [0, 0.05) is 49.5 Å². The van der Waals surface area contributed by atoms with Crippen LogP contribution in [0.25, 0.3) is 4.96 Å². The van der Waals surface area contributed by atoms with Gasteiger partial charge in [0.2, 0.25) is 0 Å². The Morgan fingerprint density at radius 2 is 2.16 bits per heavy atom. The lowest BCUT2D eigenvalue weighted by atomic mass is 10.0. The van der Waals surface area contributed by atoms with Crippen LogP contribution < -0.4 is 10.6 Å². The fraction of sp³-hybridized carbons (Fsp3) is 0.647. The maximum absolute atomic E-state index is 4.72. The van der Waals surface area contributed by atoms with Gasteiger partial charge in [-0.15, -0.1) is 35.3 Å². The highest BCUT2D eigenvalue weighted by molar-refractivity contribution is 14.0. The van der Waals surface area contributed by atoms with E-state index < -0.39 is 0 Å². The average Bonchev–Trinajstić information content (AvgIpc) is 3.14. The highest BCUT2D eigenvalue weighted by Gasteiger charge is 2.21. The molecular formula is C17H29IN6S. The van der Waals surface area contributed by atoms with Gasteiger partial charge < -0.3 is 15.5 Å². The minimum atomic E-state index is 0. The van der Waals surface area contributed by atoms with Crippen molar-refractivity contribution in [3.63, 3.8) is 0 Å². The number of aliphatic imine (C=N–C) groups is 1. The number of piperidine rings is 1. The molecule has 0 saturated carbocycles. The van der Waals surface area contributed by atoms with Crippen LogP contribution in [0.4, 0.5) is 0 Å². The molecule has 140 valence electrons. The Bertz CT molecular complexity index is 643. The number of thiazole rings is 1. The molecule has 2 N–H and O–H groups in total. The van der Waals surface area contributed by atoms with Crippen LogP contribution in [0.2, 0.25) is 0 Å². The molecule has 3 heterocycles. The zero-order chi connectivity index (χ0) is 16.9. The Morgan fingerprint density at radius 1 is 1.40 bits per heavy atom. The number of hydrogen-bond donors (Lipinski definition) is 2. The first-order chi connectivity index (χ1) is 11.7. The number of imidazole rings is 1. The molecule has 6 nitrogen and oxygen atoms in total. The summed E-state index contributed by atoms with van der Waals surface area (Å²) in [5.41, 5.74) is 1.01. The molecule has 0 bridgehead atoms. The van der Waals surface area contributed by atoms with Crippen molar-refractivity contribution in [1.82, 2.24) is 24.9 Å². The van der Waals surface area contributed by atoms with Gasteiger partial charge in [-0.05, 0) is 33.6 Å². The van der Waals surface area contributed by atoms with E-state index in [1.54, 1.807) is 11.3 Å². The number of aromatic nitrogens is 2. The van der Waals surface area contributed by atoms with Crippen molar-refractivity contribution < 1.29 is 0 Å². The standard InChI is InChI=1S/C17H28N6S.HI/c1-4-18-16(20-14-5-7-22(8-6-14)13(2)3)19-11-15-12-23-9-10-24-17(23)21-15;/h9-10,12-14H,4-8,11H2,1-3H3,(H2,18,19,20);1H. The largest absolute Gasteiger partial charge is 0.357 e. The molecule has 0 unspecified atom stereocenters. The zero-order valence-corrected chi connectivity index (χ0v) is 18.4. The van der Waals surface area contributed by atoms with E-state index in [0.717, 1.165) is 36.2 Å². The van der Waals surface area contributed by atoms with E-state index in [1.165, 1.54) is 12.8 Å². The molecule has 1 aliphatic heterocycles. The fourth-order valence-corrected chi connectivity index (χ4v) is 3.80. The fourth-order valence-electron chi connectivity index (χ4n) is 3.09. The third-order valence-electron chi connectivity index (χ3n) is 4.49. The monoisotopic (exact) mass is 476 g/mol. The Morgan fingerprint density at radius 3 is 2.80 bits per heavy atom. The van der Waals surface area contributed by atoms with E-state index in [2.05, 4.69) is 51.9 Å². The summed E-state index contributed by atoms with van der Waals surface area (Å²) in [7, 11) is 0. The molecule has 0 spiro atoms. The first-order valence-electron chi connectivity index (χ1n) is 8.85. The van der Waals surface area contributed by atoms with Crippen LogP contribution in [0, 0.1) is 0 Å². The number of halogens is 1. The third-order valence-corrected chi connectivity index (χ3v) is 5.26. The summed E-state index contributed by atoms with van der Waals surface area (Å²) in [5.74, 6) is 0.900. The normalized spacial score (nSPS) is 17.0. The van der Waals surface area contributed by atoms with Gasteiger partial charge in [0.1, 0.15) is 0 Å². The Hall–Kier alpha value is -0.870. The zero-order valence-electron chi connectivity index (χ0n) is 15.2. The molecule has 1 aliphatic rings. The van der Waals surface area contributed by atoms with Crippen molar-refractivity contribution in [3.05, 3.63) is 23.5 Å². The van der Waals surface area contributed by atoms with Crippen LogP contribution >= 0.6 is 35.3 Å². The molecule has 0 radical (unpaired) electrons. The number of nitrogens with one attached hydrogen (secondary N) is 2. The quantitative estimate of drug-likeness (QED) is 0.396. The van der Waals surface area contributed by atoms with Crippen molar-refractivity contribution in [2.45, 2.75) is 52.2 Å². The lowest BCUT2D eigenvalue weighted by Crippen LogP contribution is -2.49. The van der Waals surface area contributed by atoms with Gasteiger partial charge in [-0.3, -0.25) is 4.40 Å². The van der Waals surface area contributed by atoms with E-state index in [-0.39, 0.29) is 24.0 Å². The Kier molecular flexibility index (Phi) is 7.95. The Balaban J connectivity index is 0.00000225. The molecule has 0 aromatic carbocycles. The third kappa shape index (κ3) is 5.55. The molecule has 2 aromatic heterocycles. The number of hydrogen-bond acceptors (Lipinski definition) is 4. The summed E-state index contributed by atoms with van der Waals surface area (Å²) in [4.78, 5) is 12.9. The first kappa shape index (κ1) is 20.4. The van der Waals surface area contributed by atoms with Crippen molar-refractivity contribution in [1.29, 1.82) is 0 Å². The molecule has 25 heavy (non-hydrogen) atoms. The Labute approximate surface area is 171 Å². The maximum Gasteiger partial charge on any atom is 0.193 e. The minimum absolute atomic E-state index is 0. The summed E-state index contributed by atoms with van der Waals surface area (Å²) in [5, 5.41) is 9.00. The topological polar surface area (TPSA) is 57.0 Å². The SMILES string of the molecule is CCNC(=NCc1cn2ccsc2n1)NC1CCN(C(C)C)CC1.I. The second-order valence-corrected chi connectivity index (χ2v) is 7.44. The second-order valence-electron chi connectivity index (χ2n) is 6.57. The van der Waals surface area contributed by atoms with Crippen LogP contribution in [0.5, 0.6) is 0 Å². The summed E-state index contributed by atoms with van der Waals surface area (Å²) in [6, 6.07) is 1.14. The molecule has 1 fully saturated rings. The number of fused-ring (bicyclic) bond motifs is 1. The number of rotatable bonds is 5. The summed E-state index contributed by atoms with van der Waals surface area (Å²) >= 11 is 1.65. The molecule has 8 heteroatoms. The average molecular weight is 476 g/mol. The van der Waals surface area contributed by atoms with Crippen LogP contribution in [0.1, 0.15) is 39.3 Å². The summed E-state index contributed by atoms with van der Waals surface area (Å²) < 4.78 is 2.05. The molecule has 0 aliphatic carbocycles. The van der Waals surface area contributed by atoms with E-state index in [4.69, 9.17) is 4.99 Å². The van der Waals surface area contributed by atoms with Crippen LogP contribution in [0.3, 0.4) is 0 Å². The van der Waals surface area contributed by atoms with E-state index >= 15 is 0 Å². The first-order valence-corrected chi connectivity index (χ1v) is 9.73. The summed E-state index contributed by atoms with van der Waals surface area (Å²) in [6.45, 7) is 10.4. The van der Waals surface area contributed by atoms with Gasteiger partial charge in [0.25, 0.3) is 0 Å². The molecule has 1 saturated heterocycles. The number of nitrogens with zero attached hydrogens (tertiary/aromatic N) is 4. The number of likely N-dealkylation sites (tertiary alicyclic amines) is 1. The van der Waals surface area contributed by atoms with Gasteiger partial charge >= 0.3 is 0 Å². The van der Waals surface area contributed by atoms with Crippen molar-refractivity contribution in [2.75, 3.05) is 19.6 Å². The van der Waals surface area contributed by atoms with Crippen molar-refractivity contribution >= 4 is 46.2 Å². The van der Waals surface area contributed by atoms with Gasteiger partial charge in [-0.2, -0.15) is 0 Å². The highest BCUT2D eigenvalue weighted by Crippen LogP contribution is 2.14. The van der Waals surface area contributed by atoms with E-state index in [1.807, 2.05) is 11.6 Å². The van der Waals surface area contributed by atoms with Gasteiger partial charge in [0.05, 0.1) is 12.2 Å². The van der Waals surface area contributed by atoms with Crippen molar-refractivity contribution in [2.24, 2.45) is 4.99 Å². The molecule has 0 amide bonds. The predicted molar refractivity (Wildman–Crippen MR) is 116 cm³/mol. The maximum atomic E-state index is 4.72. The number of guanidine groups is 1. The van der Waals surface area contributed by atoms with Gasteiger partial charge in [0.15, 0.2) is 10.9 Å². The summed E-state index contributed by atoms with van der Waals surface area (Å²) in [6.07, 6.45) is 6.43. The second kappa shape index (κ2) is 9.72. The smallest absolute Gasteiger partial charge is 0.193 e. The molecule has 2 aromatic rings. The van der Waals surface area contributed by atoms with Crippen LogP contribution in [-0.4, -0.2) is 52.0 Å². The van der Waals surface area contributed by atoms with Gasteiger partial charge in [-0.25, -0.2) is 9.98 Å². The van der Waals surface area contributed by atoms with E-state index in [0.29, 0.717) is 18.6 Å². The lowest BCUT2D eigenvalue weighted by molar-refractivity contribution is 0.167.